The maximum atomic E-state index is 5.36. The Morgan fingerprint density at radius 3 is 2.92 bits per heavy atom. The van der Waals surface area contributed by atoms with Crippen molar-refractivity contribution in [2.45, 2.75) is 51.1 Å². The van der Waals surface area contributed by atoms with Gasteiger partial charge in [0, 0.05) is 36.9 Å². The van der Waals surface area contributed by atoms with Crippen LogP contribution in [0.2, 0.25) is 0 Å². The highest BCUT2D eigenvalue weighted by atomic mass is 16.5. The molecule has 2 aliphatic rings. The van der Waals surface area contributed by atoms with E-state index in [0.29, 0.717) is 12.0 Å². The van der Waals surface area contributed by atoms with Gasteiger partial charge in [0.1, 0.15) is 11.6 Å². The van der Waals surface area contributed by atoms with Gasteiger partial charge in [0.15, 0.2) is 0 Å². The molecule has 2 fully saturated rings. The molecule has 1 unspecified atom stereocenters. The third-order valence-electron chi connectivity index (χ3n) is 5.34. The van der Waals surface area contributed by atoms with Gasteiger partial charge in [-0.3, -0.25) is 4.90 Å². The molecule has 4 heteroatoms. The number of benzene rings is 1. The summed E-state index contributed by atoms with van der Waals surface area (Å²) in [6.07, 6.45) is 7.23. The molecule has 0 spiro atoms. The van der Waals surface area contributed by atoms with Crippen molar-refractivity contribution >= 4 is 0 Å². The van der Waals surface area contributed by atoms with Gasteiger partial charge in [0.25, 0.3) is 0 Å². The molecule has 128 valence electrons. The van der Waals surface area contributed by atoms with Crippen molar-refractivity contribution in [1.82, 2.24) is 14.5 Å². The van der Waals surface area contributed by atoms with E-state index in [2.05, 4.69) is 40.8 Å². The van der Waals surface area contributed by atoms with Crippen LogP contribution in [-0.4, -0.2) is 34.7 Å². The van der Waals surface area contributed by atoms with Gasteiger partial charge in [-0.25, -0.2) is 4.98 Å². The van der Waals surface area contributed by atoms with Crippen LogP contribution in [0, 0.1) is 6.92 Å². The number of rotatable bonds is 5. The number of hydrogen-bond acceptors (Lipinski definition) is 3. The fourth-order valence-electron chi connectivity index (χ4n) is 4.00. The molecule has 1 saturated heterocycles. The van der Waals surface area contributed by atoms with E-state index >= 15 is 0 Å². The number of hydrogen-bond donors (Lipinski definition) is 0. The summed E-state index contributed by atoms with van der Waals surface area (Å²) in [4.78, 5) is 7.29. The smallest absolute Gasteiger partial charge is 0.119 e. The van der Waals surface area contributed by atoms with Crippen LogP contribution in [0.15, 0.2) is 30.5 Å². The molecular weight excluding hydrogens is 298 g/mol. The molecule has 1 aromatic carbocycles. The van der Waals surface area contributed by atoms with E-state index in [1.165, 1.54) is 49.3 Å². The molecule has 2 heterocycles. The van der Waals surface area contributed by atoms with E-state index in [4.69, 9.17) is 9.72 Å². The minimum Gasteiger partial charge on any atom is -0.497 e. The second-order valence-corrected chi connectivity index (χ2v) is 7.28. The summed E-state index contributed by atoms with van der Waals surface area (Å²) in [7, 11) is 1.73. The summed E-state index contributed by atoms with van der Waals surface area (Å²) in [6, 6.07) is 9.02. The van der Waals surface area contributed by atoms with Crippen molar-refractivity contribution in [1.29, 1.82) is 0 Å². The third kappa shape index (κ3) is 3.20. The highest BCUT2D eigenvalue weighted by molar-refractivity contribution is 5.28. The molecule has 1 aromatic heterocycles. The number of aryl methyl sites for hydroxylation is 1. The molecule has 4 rings (SSSR count). The van der Waals surface area contributed by atoms with E-state index < -0.39 is 0 Å². The number of methoxy groups -OCH3 is 1. The Kier molecular flexibility index (Phi) is 4.31. The van der Waals surface area contributed by atoms with Crippen LogP contribution in [0.4, 0.5) is 0 Å². The first-order valence-corrected chi connectivity index (χ1v) is 9.13. The lowest BCUT2D eigenvalue weighted by Crippen LogP contribution is -2.36. The number of nitrogens with zero attached hydrogens (tertiary/aromatic N) is 3. The SMILES string of the molecule is COc1cccc(CN2CCCC(n3c(C)cnc3C3CC3)C2)c1. The molecule has 4 nitrogen and oxygen atoms in total. The molecule has 0 N–H and O–H groups in total. The summed E-state index contributed by atoms with van der Waals surface area (Å²) in [5.74, 6) is 3.00. The van der Waals surface area contributed by atoms with E-state index in [1.807, 2.05) is 6.07 Å². The lowest BCUT2D eigenvalue weighted by Gasteiger charge is -2.35. The summed E-state index contributed by atoms with van der Waals surface area (Å²) in [6.45, 7) is 5.51. The van der Waals surface area contributed by atoms with Crippen LogP contribution in [0.25, 0.3) is 0 Å². The van der Waals surface area contributed by atoms with Gasteiger partial charge in [-0.1, -0.05) is 12.1 Å². The molecule has 0 radical (unpaired) electrons. The van der Waals surface area contributed by atoms with Crippen LogP contribution in [0.3, 0.4) is 0 Å². The Labute approximate surface area is 144 Å². The van der Waals surface area contributed by atoms with Gasteiger partial charge in [0.2, 0.25) is 0 Å². The zero-order chi connectivity index (χ0) is 16.5. The molecule has 2 aromatic rings. The topological polar surface area (TPSA) is 30.3 Å². The van der Waals surface area contributed by atoms with Crippen LogP contribution >= 0.6 is 0 Å². The molecular formula is C20H27N3O. The number of ether oxygens (including phenoxy) is 1. The summed E-state index contributed by atoms with van der Waals surface area (Å²) in [5.41, 5.74) is 2.66. The zero-order valence-corrected chi connectivity index (χ0v) is 14.7. The molecule has 1 aliphatic heterocycles. The van der Waals surface area contributed by atoms with E-state index in [-0.39, 0.29) is 0 Å². The summed E-state index contributed by atoms with van der Waals surface area (Å²) < 4.78 is 7.89. The Morgan fingerprint density at radius 2 is 2.12 bits per heavy atom. The second-order valence-electron chi connectivity index (χ2n) is 7.28. The number of likely N-dealkylation sites (tertiary alicyclic amines) is 1. The quantitative estimate of drug-likeness (QED) is 0.835. The summed E-state index contributed by atoms with van der Waals surface area (Å²) >= 11 is 0. The Bertz CT molecular complexity index is 705. The molecule has 1 saturated carbocycles. The Balaban J connectivity index is 1.48. The fourth-order valence-corrected chi connectivity index (χ4v) is 4.00. The van der Waals surface area contributed by atoms with Gasteiger partial charge >= 0.3 is 0 Å². The highest BCUT2D eigenvalue weighted by Gasteiger charge is 2.32. The first-order chi connectivity index (χ1) is 11.7. The van der Waals surface area contributed by atoms with Crippen molar-refractivity contribution in [2.75, 3.05) is 20.2 Å². The fraction of sp³-hybridized carbons (Fsp3) is 0.550. The first kappa shape index (κ1) is 15.7. The monoisotopic (exact) mass is 325 g/mol. The Morgan fingerprint density at radius 1 is 1.25 bits per heavy atom. The first-order valence-electron chi connectivity index (χ1n) is 9.13. The van der Waals surface area contributed by atoms with Crippen LogP contribution in [0.1, 0.15) is 54.7 Å². The average molecular weight is 325 g/mol. The van der Waals surface area contributed by atoms with E-state index in [9.17, 15) is 0 Å². The summed E-state index contributed by atoms with van der Waals surface area (Å²) in [5, 5.41) is 0. The van der Waals surface area contributed by atoms with Gasteiger partial charge < -0.3 is 9.30 Å². The highest BCUT2D eigenvalue weighted by Crippen LogP contribution is 2.41. The number of imidazole rings is 1. The minimum absolute atomic E-state index is 0.572. The number of aromatic nitrogens is 2. The van der Waals surface area contributed by atoms with Crippen LogP contribution in [-0.2, 0) is 6.54 Å². The third-order valence-corrected chi connectivity index (χ3v) is 5.34. The lowest BCUT2D eigenvalue weighted by molar-refractivity contribution is 0.167. The molecule has 0 bridgehead atoms. The van der Waals surface area contributed by atoms with Crippen LogP contribution in [0.5, 0.6) is 5.75 Å². The van der Waals surface area contributed by atoms with Gasteiger partial charge in [-0.05, 0) is 56.8 Å². The zero-order valence-electron chi connectivity index (χ0n) is 14.7. The van der Waals surface area contributed by atoms with Gasteiger partial charge in [0.05, 0.1) is 7.11 Å². The van der Waals surface area contributed by atoms with Gasteiger partial charge in [-0.15, -0.1) is 0 Å². The predicted molar refractivity (Wildman–Crippen MR) is 95.5 cm³/mol. The van der Waals surface area contributed by atoms with Crippen molar-refractivity contribution in [3.8, 4) is 5.75 Å². The molecule has 24 heavy (non-hydrogen) atoms. The van der Waals surface area contributed by atoms with Gasteiger partial charge in [-0.2, -0.15) is 0 Å². The van der Waals surface area contributed by atoms with E-state index in [1.54, 1.807) is 7.11 Å². The van der Waals surface area contributed by atoms with Crippen LogP contribution < -0.4 is 4.74 Å². The molecule has 1 aliphatic carbocycles. The maximum Gasteiger partial charge on any atom is 0.119 e. The van der Waals surface area contributed by atoms with E-state index in [0.717, 1.165) is 18.8 Å². The largest absolute Gasteiger partial charge is 0.497 e. The standard InChI is InChI=1S/C20H27N3O/c1-15-12-21-20(17-8-9-17)23(15)18-6-4-10-22(14-18)13-16-5-3-7-19(11-16)24-2/h3,5,7,11-12,17-18H,4,6,8-10,13-14H2,1-2H3. The second kappa shape index (κ2) is 6.60. The minimum atomic E-state index is 0.572. The molecule has 1 atom stereocenters. The lowest BCUT2D eigenvalue weighted by atomic mass is 10.0. The Hall–Kier alpha value is -1.81. The maximum absolute atomic E-state index is 5.36. The number of piperidine rings is 1. The van der Waals surface area contributed by atoms with Crippen molar-refractivity contribution in [2.24, 2.45) is 0 Å². The van der Waals surface area contributed by atoms with Crippen molar-refractivity contribution in [3.05, 3.63) is 47.5 Å². The average Bonchev–Trinajstić information content (AvgIpc) is 3.37. The normalized spacial score (nSPS) is 21.8. The van der Waals surface area contributed by atoms with Crippen molar-refractivity contribution < 1.29 is 4.74 Å². The molecule has 0 amide bonds. The predicted octanol–water partition coefficient (Wildman–Crippen LogP) is 3.91. The van der Waals surface area contributed by atoms with Crippen molar-refractivity contribution in [3.63, 3.8) is 0 Å².